The van der Waals surface area contributed by atoms with E-state index in [-0.39, 0.29) is 18.0 Å². The van der Waals surface area contributed by atoms with Crippen LogP contribution in [0.5, 0.6) is 0 Å². The fraction of sp³-hybridized carbons (Fsp3) is 0.500. The van der Waals surface area contributed by atoms with Gasteiger partial charge in [-0.2, -0.15) is 0 Å². The van der Waals surface area contributed by atoms with Crippen LogP contribution < -0.4 is 5.73 Å². The van der Waals surface area contributed by atoms with Crippen molar-refractivity contribution in [1.82, 2.24) is 4.98 Å². The van der Waals surface area contributed by atoms with Crippen LogP contribution in [0, 0.1) is 6.92 Å². The molecule has 1 fully saturated rings. The first kappa shape index (κ1) is 10.8. The van der Waals surface area contributed by atoms with Crippen LogP contribution in [0.1, 0.15) is 24.1 Å². The predicted molar refractivity (Wildman–Crippen MR) is 54.0 cm³/mol. The van der Waals surface area contributed by atoms with Gasteiger partial charge < -0.3 is 5.73 Å². The number of halogens is 3. The van der Waals surface area contributed by atoms with Crippen LogP contribution >= 0.6 is 11.6 Å². The summed E-state index contributed by atoms with van der Waals surface area (Å²) in [5, 5.41) is 0.230. The van der Waals surface area contributed by atoms with Gasteiger partial charge in [-0.15, -0.1) is 0 Å². The van der Waals surface area contributed by atoms with Crippen molar-refractivity contribution in [3.63, 3.8) is 0 Å². The maximum Gasteiger partial charge on any atom is 0.252 e. The Morgan fingerprint density at radius 3 is 2.47 bits per heavy atom. The monoisotopic (exact) mass is 232 g/mol. The standard InChI is InChI=1S/C10H11ClF2N2/c1-6-2-3-7(8(11)15-6)9(14)4-10(12,13)5-9/h2-3H,4-5,14H2,1H3. The molecule has 0 bridgehead atoms. The number of pyridine rings is 1. The highest BCUT2D eigenvalue weighted by molar-refractivity contribution is 6.30. The lowest BCUT2D eigenvalue weighted by atomic mass is 9.70. The molecule has 0 unspecified atom stereocenters. The highest BCUT2D eigenvalue weighted by Gasteiger charge is 2.56. The summed E-state index contributed by atoms with van der Waals surface area (Å²) in [7, 11) is 0. The van der Waals surface area contributed by atoms with Gasteiger partial charge in [0.2, 0.25) is 0 Å². The number of rotatable bonds is 1. The number of hydrogen-bond acceptors (Lipinski definition) is 2. The third kappa shape index (κ3) is 1.84. The van der Waals surface area contributed by atoms with E-state index in [4.69, 9.17) is 17.3 Å². The zero-order valence-electron chi connectivity index (χ0n) is 8.23. The van der Waals surface area contributed by atoms with Gasteiger partial charge in [0.1, 0.15) is 5.15 Å². The maximum atomic E-state index is 12.8. The Balaban J connectivity index is 2.32. The number of aryl methyl sites for hydroxylation is 1. The van der Waals surface area contributed by atoms with E-state index in [1.54, 1.807) is 19.1 Å². The SMILES string of the molecule is Cc1ccc(C2(N)CC(F)(F)C2)c(Cl)n1. The van der Waals surface area contributed by atoms with E-state index in [0.717, 1.165) is 5.69 Å². The summed E-state index contributed by atoms with van der Waals surface area (Å²) in [6.45, 7) is 1.79. The largest absolute Gasteiger partial charge is 0.321 e. The van der Waals surface area contributed by atoms with Crippen molar-refractivity contribution >= 4 is 11.6 Å². The second-order valence-electron chi connectivity index (χ2n) is 4.16. The molecule has 2 rings (SSSR count). The molecule has 1 aliphatic carbocycles. The van der Waals surface area contributed by atoms with E-state index in [0.29, 0.717) is 5.56 Å². The Bertz CT molecular complexity index is 398. The first-order valence-electron chi connectivity index (χ1n) is 4.63. The molecule has 1 aromatic heterocycles. The van der Waals surface area contributed by atoms with E-state index >= 15 is 0 Å². The molecule has 2 nitrogen and oxygen atoms in total. The summed E-state index contributed by atoms with van der Waals surface area (Å²) in [6.07, 6.45) is -0.713. The van der Waals surface area contributed by atoms with Crippen LogP contribution in [0.25, 0.3) is 0 Å². The highest BCUT2D eigenvalue weighted by Crippen LogP contribution is 2.50. The second-order valence-corrected chi connectivity index (χ2v) is 4.51. The first-order valence-corrected chi connectivity index (χ1v) is 5.01. The second kappa shape index (κ2) is 3.12. The van der Waals surface area contributed by atoms with E-state index in [1.807, 2.05) is 0 Å². The van der Waals surface area contributed by atoms with E-state index in [9.17, 15) is 8.78 Å². The molecule has 1 aliphatic rings. The van der Waals surface area contributed by atoms with Gasteiger partial charge in [-0.25, -0.2) is 13.8 Å². The van der Waals surface area contributed by atoms with E-state index < -0.39 is 11.5 Å². The molecule has 0 atom stereocenters. The average Bonchev–Trinajstić information content (AvgIpc) is 1.98. The highest BCUT2D eigenvalue weighted by atomic mass is 35.5. The molecule has 0 spiro atoms. The molecule has 5 heteroatoms. The molecule has 1 aromatic rings. The Kier molecular flexibility index (Phi) is 2.24. The number of alkyl halides is 2. The summed E-state index contributed by atoms with van der Waals surface area (Å²) in [5.74, 6) is -2.66. The molecule has 0 amide bonds. The minimum Gasteiger partial charge on any atom is -0.321 e. The van der Waals surface area contributed by atoms with E-state index in [1.165, 1.54) is 0 Å². The third-order valence-electron chi connectivity index (χ3n) is 2.67. The average molecular weight is 233 g/mol. The number of nitrogens with two attached hydrogens (primary N) is 1. The molecule has 0 radical (unpaired) electrons. The van der Waals surface area contributed by atoms with Crippen molar-refractivity contribution in [1.29, 1.82) is 0 Å². The summed E-state index contributed by atoms with van der Waals surface area (Å²) in [5.41, 5.74) is 6.10. The molecular formula is C10H11ClF2N2. The normalized spacial score (nSPS) is 22.2. The summed E-state index contributed by atoms with van der Waals surface area (Å²) < 4.78 is 25.6. The number of aromatic nitrogens is 1. The smallest absolute Gasteiger partial charge is 0.252 e. The van der Waals surface area contributed by atoms with Crippen molar-refractivity contribution in [3.8, 4) is 0 Å². The Hall–Kier alpha value is -0.740. The van der Waals surface area contributed by atoms with Crippen LogP contribution in [-0.4, -0.2) is 10.9 Å². The van der Waals surface area contributed by atoms with Crippen molar-refractivity contribution < 1.29 is 8.78 Å². The van der Waals surface area contributed by atoms with Crippen LogP contribution in [0.15, 0.2) is 12.1 Å². The molecule has 82 valence electrons. The van der Waals surface area contributed by atoms with Crippen LogP contribution in [0.3, 0.4) is 0 Å². The summed E-state index contributed by atoms with van der Waals surface area (Å²) >= 11 is 5.88. The predicted octanol–water partition coefficient (Wildman–Crippen LogP) is 2.63. The van der Waals surface area contributed by atoms with Gasteiger partial charge in [0.15, 0.2) is 0 Å². The zero-order chi connectivity index (χ0) is 11.3. The minimum absolute atomic E-state index is 0.230. The van der Waals surface area contributed by atoms with Gasteiger partial charge in [0.05, 0.1) is 5.54 Å². The van der Waals surface area contributed by atoms with Gasteiger partial charge in [-0.3, -0.25) is 0 Å². The fourth-order valence-electron chi connectivity index (χ4n) is 1.96. The first-order chi connectivity index (χ1) is 6.82. The van der Waals surface area contributed by atoms with Crippen molar-refractivity contribution in [2.75, 3.05) is 0 Å². The molecule has 15 heavy (non-hydrogen) atoms. The zero-order valence-corrected chi connectivity index (χ0v) is 8.98. The molecule has 0 aliphatic heterocycles. The van der Waals surface area contributed by atoms with Gasteiger partial charge >= 0.3 is 0 Å². The lowest BCUT2D eigenvalue weighted by Gasteiger charge is -2.44. The summed E-state index contributed by atoms with van der Waals surface area (Å²) in [4.78, 5) is 4.01. The van der Waals surface area contributed by atoms with Crippen molar-refractivity contribution in [2.45, 2.75) is 31.2 Å². The van der Waals surface area contributed by atoms with Crippen molar-refractivity contribution in [2.24, 2.45) is 5.73 Å². The lowest BCUT2D eigenvalue weighted by molar-refractivity contribution is -0.125. The molecular weight excluding hydrogens is 222 g/mol. The summed E-state index contributed by atoms with van der Waals surface area (Å²) in [6, 6.07) is 3.41. The molecule has 1 saturated carbocycles. The van der Waals surface area contributed by atoms with Gasteiger partial charge in [-0.1, -0.05) is 17.7 Å². The fourth-order valence-corrected chi connectivity index (χ4v) is 2.34. The van der Waals surface area contributed by atoms with Crippen molar-refractivity contribution in [3.05, 3.63) is 28.5 Å². The third-order valence-corrected chi connectivity index (χ3v) is 2.96. The molecule has 0 aromatic carbocycles. The van der Waals surface area contributed by atoms with Crippen LogP contribution in [-0.2, 0) is 5.54 Å². The topological polar surface area (TPSA) is 38.9 Å². The lowest BCUT2D eigenvalue weighted by Crippen LogP contribution is -2.55. The van der Waals surface area contributed by atoms with E-state index in [2.05, 4.69) is 4.98 Å². The number of nitrogens with zero attached hydrogens (tertiary/aromatic N) is 1. The van der Waals surface area contributed by atoms with Crippen LogP contribution in [0.4, 0.5) is 8.78 Å². The minimum atomic E-state index is -2.66. The Labute approximate surface area is 91.4 Å². The quantitative estimate of drug-likeness (QED) is 0.756. The van der Waals surface area contributed by atoms with Gasteiger partial charge in [-0.05, 0) is 13.0 Å². The van der Waals surface area contributed by atoms with Gasteiger partial charge in [0.25, 0.3) is 5.92 Å². The maximum absolute atomic E-state index is 12.8. The Morgan fingerprint density at radius 2 is 2.00 bits per heavy atom. The van der Waals surface area contributed by atoms with Crippen LogP contribution in [0.2, 0.25) is 5.15 Å². The molecule has 0 saturated heterocycles. The molecule has 2 N–H and O–H groups in total. The van der Waals surface area contributed by atoms with Gasteiger partial charge in [0, 0.05) is 24.1 Å². The number of hydrogen-bond donors (Lipinski definition) is 1. The molecule has 1 heterocycles. The Morgan fingerprint density at radius 1 is 1.40 bits per heavy atom.